The van der Waals surface area contributed by atoms with Crippen molar-refractivity contribution < 1.29 is 0 Å². The highest BCUT2D eigenvalue weighted by Gasteiger charge is 2.16. The molecular weight excluding hydrogens is 266 g/mol. The third-order valence-electron chi connectivity index (χ3n) is 4.62. The second-order valence-corrected chi connectivity index (χ2v) is 5.83. The van der Waals surface area contributed by atoms with Gasteiger partial charge < -0.3 is 4.57 Å². The van der Waals surface area contributed by atoms with Crippen LogP contribution in [0.3, 0.4) is 0 Å². The molecule has 104 valence electrons. The molecule has 0 bridgehead atoms. The van der Waals surface area contributed by atoms with Crippen LogP contribution >= 0.6 is 0 Å². The van der Waals surface area contributed by atoms with Gasteiger partial charge in [0.15, 0.2) is 0 Å². The lowest BCUT2D eigenvalue weighted by Gasteiger charge is -2.12. The number of fused-ring (bicyclic) bond motifs is 4. The maximum Gasteiger partial charge on any atom is 0.0541 e. The smallest absolute Gasteiger partial charge is 0.0541 e. The van der Waals surface area contributed by atoms with E-state index in [-0.39, 0.29) is 0 Å². The Labute approximate surface area is 129 Å². The quantitative estimate of drug-likeness (QED) is 0.443. The van der Waals surface area contributed by atoms with Crippen LogP contribution in [0.4, 0.5) is 0 Å². The molecule has 0 saturated heterocycles. The monoisotopic (exact) mass is 281 g/mol. The first-order valence-electron chi connectivity index (χ1n) is 7.70. The van der Waals surface area contributed by atoms with Gasteiger partial charge in [-0.1, -0.05) is 60.7 Å². The molecule has 22 heavy (non-hydrogen) atoms. The van der Waals surface area contributed by atoms with Crippen molar-refractivity contribution >= 4 is 27.9 Å². The van der Waals surface area contributed by atoms with Crippen molar-refractivity contribution in [3.05, 3.63) is 83.9 Å². The molecule has 1 aliphatic carbocycles. The fourth-order valence-electron chi connectivity index (χ4n) is 3.65. The third-order valence-corrected chi connectivity index (χ3v) is 4.62. The summed E-state index contributed by atoms with van der Waals surface area (Å²) in [6.45, 7) is 0. The highest BCUT2D eigenvalue weighted by atomic mass is 15.0. The van der Waals surface area contributed by atoms with E-state index in [4.69, 9.17) is 0 Å². The maximum absolute atomic E-state index is 2.40. The number of hydrogen-bond donors (Lipinski definition) is 0. The summed E-state index contributed by atoms with van der Waals surface area (Å²) in [6, 6.07) is 24.0. The highest BCUT2D eigenvalue weighted by molar-refractivity contribution is 6.09. The van der Waals surface area contributed by atoms with E-state index in [1.165, 1.54) is 38.6 Å². The van der Waals surface area contributed by atoms with Gasteiger partial charge in [0.1, 0.15) is 0 Å². The molecule has 0 spiro atoms. The Hall–Kier alpha value is -2.80. The molecule has 4 aromatic rings. The van der Waals surface area contributed by atoms with E-state index >= 15 is 0 Å². The lowest BCUT2D eigenvalue weighted by Crippen LogP contribution is -1.97. The first kappa shape index (κ1) is 11.8. The maximum atomic E-state index is 2.40. The average Bonchev–Trinajstić information content (AvgIpc) is 3.17. The average molecular weight is 281 g/mol. The molecule has 1 aromatic heterocycles. The van der Waals surface area contributed by atoms with E-state index < -0.39 is 0 Å². The van der Waals surface area contributed by atoms with Gasteiger partial charge in [0.2, 0.25) is 0 Å². The largest absolute Gasteiger partial charge is 0.309 e. The second kappa shape index (κ2) is 4.35. The van der Waals surface area contributed by atoms with Crippen molar-refractivity contribution in [1.29, 1.82) is 0 Å². The number of benzene rings is 3. The van der Waals surface area contributed by atoms with Gasteiger partial charge in [0.25, 0.3) is 0 Å². The zero-order chi connectivity index (χ0) is 14.5. The van der Waals surface area contributed by atoms with E-state index in [1.807, 2.05) is 0 Å². The molecule has 1 nitrogen and oxygen atoms in total. The normalized spacial score (nSPS) is 13.1. The predicted octanol–water partition coefficient (Wildman–Crippen LogP) is 5.35. The van der Waals surface area contributed by atoms with Gasteiger partial charge in [0, 0.05) is 16.3 Å². The zero-order valence-electron chi connectivity index (χ0n) is 12.2. The Balaban J connectivity index is 1.99. The first-order chi connectivity index (χ1) is 10.9. The summed E-state index contributed by atoms with van der Waals surface area (Å²) in [5, 5.41) is 2.63. The Morgan fingerprint density at radius 3 is 2.09 bits per heavy atom. The molecule has 5 rings (SSSR count). The van der Waals surface area contributed by atoms with Crippen LogP contribution < -0.4 is 0 Å². The topological polar surface area (TPSA) is 4.93 Å². The lowest BCUT2D eigenvalue weighted by molar-refractivity contribution is 1.16. The minimum Gasteiger partial charge on any atom is -0.309 e. The fraction of sp³-hybridized carbons (Fsp3) is 0.0476. The zero-order valence-corrected chi connectivity index (χ0v) is 12.2. The molecule has 0 atom stereocenters. The fourth-order valence-corrected chi connectivity index (χ4v) is 3.65. The van der Waals surface area contributed by atoms with Gasteiger partial charge in [-0.05, 0) is 30.2 Å². The minimum atomic E-state index is 1.04. The number of aromatic nitrogens is 1. The van der Waals surface area contributed by atoms with Crippen molar-refractivity contribution in [2.24, 2.45) is 0 Å². The van der Waals surface area contributed by atoms with Crippen LogP contribution in [0.1, 0.15) is 11.1 Å². The van der Waals surface area contributed by atoms with E-state index in [0.29, 0.717) is 0 Å². The Kier molecular flexibility index (Phi) is 2.33. The van der Waals surface area contributed by atoms with Crippen LogP contribution in [0.5, 0.6) is 0 Å². The molecule has 0 fully saturated rings. The van der Waals surface area contributed by atoms with Crippen LogP contribution in [0.2, 0.25) is 0 Å². The molecular formula is C21H15N. The summed E-state index contributed by atoms with van der Waals surface area (Å²) in [5.74, 6) is 0. The Bertz CT molecular complexity index is 997. The molecule has 0 amide bonds. The summed E-state index contributed by atoms with van der Waals surface area (Å²) in [7, 11) is 0. The van der Waals surface area contributed by atoms with Crippen molar-refractivity contribution in [2.45, 2.75) is 6.42 Å². The minimum absolute atomic E-state index is 1.04. The number of rotatable bonds is 1. The molecule has 0 aliphatic heterocycles. The van der Waals surface area contributed by atoms with Crippen molar-refractivity contribution in [3.8, 4) is 5.69 Å². The number of nitrogens with zero attached hydrogens (tertiary/aromatic N) is 1. The number of para-hydroxylation sites is 2. The SMILES string of the molecule is C1=Cc2c(cccc2-n2c3ccccc3c3ccccc32)C1. The molecule has 0 saturated carbocycles. The number of allylic oxidation sites excluding steroid dienone is 1. The van der Waals surface area contributed by atoms with E-state index in [0.717, 1.165) is 6.42 Å². The van der Waals surface area contributed by atoms with Crippen molar-refractivity contribution in [1.82, 2.24) is 4.57 Å². The molecule has 0 radical (unpaired) electrons. The van der Waals surface area contributed by atoms with Gasteiger partial charge in [-0.15, -0.1) is 0 Å². The van der Waals surface area contributed by atoms with E-state index in [1.54, 1.807) is 0 Å². The van der Waals surface area contributed by atoms with Gasteiger partial charge in [-0.2, -0.15) is 0 Å². The summed E-state index contributed by atoms with van der Waals surface area (Å²) < 4.78 is 2.40. The molecule has 3 aromatic carbocycles. The van der Waals surface area contributed by atoms with Crippen LogP contribution in [0.25, 0.3) is 33.6 Å². The second-order valence-electron chi connectivity index (χ2n) is 5.83. The Morgan fingerprint density at radius 2 is 1.36 bits per heavy atom. The van der Waals surface area contributed by atoms with E-state index in [9.17, 15) is 0 Å². The summed E-state index contributed by atoms with van der Waals surface area (Å²) in [5.41, 5.74) is 6.60. The molecule has 1 heteroatoms. The Morgan fingerprint density at radius 1 is 0.682 bits per heavy atom. The van der Waals surface area contributed by atoms with E-state index in [2.05, 4.69) is 83.4 Å². The predicted molar refractivity (Wildman–Crippen MR) is 93.5 cm³/mol. The van der Waals surface area contributed by atoms with Gasteiger partial charge in [-0.25, -0.2) is 0 Å². The van der Waals surface area contributed by atoms with Crippen LogP contribution in [-0.2, 0) is 6.42 Å². The molecule has 1 heterocycles. The van der Waals surface area contributed by atoms with Crippen LogP contribution in [0.15, 0.2) is 72.8 Å². The van der Waals surface area contributed by atoms with Gasteiger partial charge in [-0.3, -0.25) is 0 Å². The molecule has 1 aliphatic rings. The summed E-state index contributed by atoms with van der Waals surface area (Å²) in [4.78, 5) is 0. The van der Waals surface area contributed by atoms with Gasteiger partial charge >= 0.3 is 0 Å². The van der Waals surface area contributed by atoms with Gasteiger partial charge in [0.05, 0.1) is 16.7 Å². The summed E-state index contributed by atoms with van der Waals surface area (Å²) in [6.07, 6.45) is 5.55. The standard InChI is InChI=1S/C21H15N/c1-3-12-20-17(9-1)18-10-2-4-13-21(18)22(20)19-14-6-8-15-7-5-11-16(15)19/h1-6,8-14H,7H2. The molecule has 0 unspecified atom stereocenters. The first-order valence-corrected chi connectivity index (χ1v) is 7.70. The number of hydrogen-bond acceptors (Lipinski definition) is 0. The van der Waals surface area contributed by atoms with Crippen LogP contribution in [-0.4, -0.2) is 4.57 Å². The highest BCUT2D eigenvalue weighted by Crippen LogP contribution is 2.35. The van der Waals surface area contributed by atoms with Crippen molar-refractivity contribution in [3.63, 3.8) is 0 Å². The van der Waals surface area contributed by atoms with Crippen molar-refractivity contribution in [2.75, 3.05) is 0 Å². The van der Waals surface area contributed by atoms with Crippen LogP contribution in [0, 0.1) is 0 Å². The summed E-state index contributed by atoms with van der Waals surface area (Å²) >= 11 is 0. The third kappa shape index (κ3) is 1.48. The molecule has 0 N–H and O–H groups in total. The lowest BCUT2D eigenvalue weighted by atomic mass is 10.1.